The van der Waals surface area contributed by atoms with Crippen LogP contribution in [0.5, 0.6) is 0 Å². The summed E-state index contributed by atoms with van der Waals surface area (Å²) in [7, 11) is 0. The Labute approximate surface area is 125 Å². The lowest BCUT2D eigenvalue weighted by molar-refractivity contribution is 0.102. The van der Waals surface area contributed by atoms with E-state index in [4.69, 9.17) is 0 Å². The maximum atomic E-state index is 12.4. The van der Waals surface area contributed by atoms with E-state index >= 15 is 0 Å². The van der Waals surface area contributed by atoms with Crippen LogP contribution in [-0.4, -0.2) is 10.9 Å². The second-order valence-electron chi connectivity index (χ2n) is 4.66. The van der Waals surface area contributed by atoms with Crippen molar-refractivity contribution < 1.29 is 4.79 Å². The SMILES string of the molecule is Cc1ccc(Br)cc1NC(=O)c1cccc2[nH]ccc12. The topological polar surface area (TPSA) is 44.9 Å². The van der Waals surface area contributed by atoms with E-state index in [1.807, 2.05) is 55.6 Å². The molecule has 0 fully saturated rings. The monoisotopic (exact) mass is 328 g/mol. The van der Waals surface area contributed by atoms with Gasteiger partial charge in [0.25, 0.3) is 5.91 Å². The normalized spacial score (nSPS) is 10.7. The van der Waals surface area contributed by atoms with Gasteiger partial charge in [0.05, 0.1) is 0 Å². The molecule has 3 rings (SSSR count). The lowest BCUT2D eigenvalue weighted by Gasteiger charge is -2.09. The number of halogens is 1. The van der Waals surface area contributed by atoms with Crippen molar-refractivity contribution in [3.05, 3.63) is 64.3 Å². The van der Waals surface area contributed by atoms with Gasteiger partial charge in [0.1, 0.15) is 0 Å². The summed E-state index contributed by atoms with van der Waals surface area (Å²) in [4.78, 5) is 15.6. The van der Waals surface area contributed by atoms with Crippen molar-refractivity contribution in [1.29, 1.82) is 0 Å². The second-order valence-corrected chi connectivity index (χ2v) is 5.57. The molecule has 0 radical (unpaired) electrons. The van der Waals surface area contributed by atoms with E-state index in [0.29, 0.717) is 5.56 Å². The number of aromatic nitrogens is 1. The van der Waals surface area contributed by atoms with Gasteiger partial charge in [0.15, 0.2) is 0 Å². The zero-order valence-corrected chi connectivity index (χ0v) is 12.5. The van der Waals surface area contributed by atoms with Crippen LogP contribution in [0.25, 0.3) is 10.9 Å². The van der Waals surface area contributed by atoms with Crippen LogP contribution in [0, 0.1) is 6.92 Å². The molecular formula is C16H13BrN2O. The van der Waals surface area contributed by atoms with Gasteiger partial charge in [-0.2, -0.15) is 0 Å². The Hall–Kier alpha value is -2.07. The molecule has 0 unspecified atom stereocenters. The van der Waals surface area contributed by atoms with Gasteiger partial charge in [0.2, 0.25) is 0 Å². The van der Waals surface area contributed by atoms with Gasteiger partial charge in [0, 0.05) is 32.8 Å². The number of aromatic amines is 1. The smallest absolute Gasteiger partial charge is 0.256 e. The summed E-state index contributed by atoms with van der Waals surface area (Å²) < 4.78 is 0.943. The summed E-state index contributed by atoms with van der Waals surface area (Å²) in [5.74, 6) is -0.101. The standard InChI is InChI=1S/C16H13BrN2O/c1-10-5-6-11(17)9-15(10)19-16(20)13-3-2-4-14-12(13)7-8-18-14/h2-9,18H,1H3,(H,19,20). The first-order valence-electron chi connectivity index (χ1n) is 6.29. The minimum absolute atomic E-state index is 0.101. The number of aryl methyl sites for hydroxylation is 1. The van der Waals surface area contributed by atoms with Gasteiger partial charge in [-0.3, -0.25) is 4.79 Å². The maximum Gasteiger partial charge on any atom is 0.256 e. The molecule has 100 valence electrons. The van der Waals surface area contributed by atoms with E-state index < -0.39 is 0 Å². The minimum Gasteiger partial charge on any atom is -0.361 e. The molecule has 2 aromatic carbocycles. The summed E-state index contributed by atoms with van der Waals surface area (Å²) >= 11 is 3.42. The molecule has 0 saturated carbocycles. The number of carbonyl (C=O) groups is 1. The molecule has 0 spiro atoms. The summed E-state index contributed by atoms with van der Waals surface area (Å²) in [6, 6.07) is 13.4. The molecule has 2 N–H and O–H groups in total. The average molecular weight is 329 g/mol. The highest BCUT2D eigenvalue weighted by Gasteiger charge is 2.11. The number of hydrogen-bond donors (Lipinski definition) is 2. The Balaban J connectivity index is 1.97. The average Bonchev–Trinajstić information content (AvgIpc) is 2.91. The van der Waals surface area contributed by atoms with Gasteiger partial charge in [-0.25, -0.2) is 0 Å². The number of nitrogens with one attached hydrogen (secondary N) is 2. The molecule has 1 amide bonds. The highest BCUT2D eigenvalue weighted by Crippen LogP contribution is 2.23. The molecule has 0 aliphatic rings. The molecule has 4 heteroatoms. The van der Waals surface area contributed by atoms with Gasteiger partial charge >= 0.3 is 0 Å². The van der Waals surface area contributed by atoms with Gasteiger partial charge in [-0.05, 0) is 42.8 Å². The molecule has 0 aliphatic carbocycles. The van der Waals surface area contributed by atoms with Crippen molar-refractivity contribution in [3.63, 3.8) is 0 Å². The van der Waals surface area contributed by atoms with Crippen molar-refractivity contribution in [3.8, 4) is 0 Å². The fourth-order valence-corrected chi connectivity index (χ4v) is 2.56. The van der Waals surface area contributed by atoms with E-state index in [1.54, 1.807) is 0 Å². The van der Waals surface area contributed by atoms with Crippen LogP contribution in [0.15, 0.2) is 53.1 Å². The van der Waals surface area contributed by atoms with Crippen molar-refractivity contribution in [2.24, 2.45) is 0 Å². The Kier molecular flexibility index (Phi) is 3.32. The predicted octanol–water partition coefficient (Wildman–Crippen LogP) is 4.49. The van der Waals surface area contributed by atoms with E-state index in [-0.39, 0.29) is 5.91 Å². The quantitative estimate of drug-likeness (QED) is 0.715. The fourth-order valence-electron chi connectivity index (χ4n) is 2.20. The van der Waals surface area contributed by atoms with Crippen molar-refractivity contribution in [2.75, 3.05) is 5.32 Å². The minimum atomic E-state index is -0.101. The lowest BCUT2D eigenvalue weighted by atomic mass is 10.1. The van der Waals surface area contributed by atoms with Crippen molar-refractivity contribution >= 4 is 38.4 Å². The number of rotatable bonds is 2. The highest BCUT2D eigenvalue weighted by atomic mass is 79.9. The van der Waals surface area contributed by atoms with Gasteiger partial charge in [-0.1, -0.05) is 28.1 Å². The molecule has 20 heavy (non-hydrogen) atoms. The Morgan fingerprint density at radius 2 is 2.05 bits per heavy atom. The fraction of sp³-hybridized carbons (Fsp3) is 0.0625. The molecule has 1 aromatic heterocycles. The van der Waals surface area contributed by atoms with Gasteiger partial charge in [-0.15, -0.1) is 0 Å². The summed E-state index contributed by atoms with van der Waals surface area (Å²) in [6.45, 7) is 1.97. The lowest BCUT2D eigenvalue weighted by Crippen LogP contribution is -2.13. The third-order valence-electron chi connectivity index (χ3n) is 3.29. The third-order valence-corrected chi connectivity index (χ3v) is 3.78. The van der Waals surface area contributed by atoms with Crippen LogP contribution in [0.2, 0.25) is 0 Å². The number of carbonyl (C=O) groups excluding carboxylic acids is 1. The Bertz CT molecular complexity index is 792. The number of benzene rings is 2. The second kappa shape index (κ2) is 5.13. The van der Waals surface area contributed by atoms with E-state index in [0.717, 1.165) is 26.6 Å². The molecule has 1 heterocycles. The maximum absolute atomic E-state index is 12.4. The number of fused-ring (bicyclic) bond motifs is 1. The first-order valence-corrected chi connectivity index (χ1v) is 7.08. The van der Waals surface area contributed by atoms with Crippen LogP contribution < -0.4 is 5.32 Å². The summed E-state index contributed by atoms with van der Waals surface area (Å²) in [5, 5.41) is 3.89. The number of amides is 1. The first kappa shape index (κ1) is 12.9. The van der Waals surface area contributed by atoms with E-state index in [2.05, 4.69) is 26.2 Å². The molecule has 0 saturated heterocycles. The molecule has 0 bridgehead atoms. The van der Waals surface area contributed by atoms with Crippen LogP contribution >= 0.6 is 15.9 Å². The van der Waals surface area contributed by atoms with Crippen LogP contribution in [0.1, 0.15) is 15.9 Å². The number of hydrogen-bond acceptors (Lipinski definition) is 1. The largest absolute Gasteiger partial charge is 0.361 e. The van der Waals surface area contributed by atoms with Gasteiger partial charge < -0.3 is 10.3 Å². The van der Waals surface area contributed by atoms with E-state index in [9.17, 15) is 4.79 Å². The number of H-pyrrole nitrogens is 1. The Morgan fingerprint density at radius 3 is 2.90 bits per heavy atom. The molecule has 0 aliphatic heterocycles. The molecule has 0 atom stereocenters. The molecule has 3 aromatic rings. The van der Waals surface area contributed by atoms with E-state index in [1.165, 1.54) is 0 Å². The number of anilines is 1. The summed E-state index contributed by atoms with van der Waals surface area (Å²) in [6.07, 6.45) is 1.84. The van der Waals surface area contributed by atoms with Crippen molar-refractivity contribution in [2.45, 2.75) is 6.92 Å². The van der Waals surface area contributed by atoms with Crippen molar-refractivity contribution in [1.82, 2.24) is 4.98 Å². The molecular weight excluding hydrogens is 316 g/mol. The van der Waals surface area contributed by atoms with Crippen LogP contribution in [-0.2, 0) is 0 Å². The zero-order chi connectivity index (χ0) is 14.1. The molecule has 3 nitrogen and oxygen atoms in total. The summed E-state index contributed by atoms with van der Waals surface area (Å²) in [5.41, 5.74) is 3.48. The Morgan fingerprint density at radius 1 is 1.20 bits per heavy atom. The highest BCUT2D eigenvalue weighted by molar-refractivity contribution is 9.10. The first-order chi connectivity index (χ1) is 9.65. The predicted molar refractivity (Wildman–Crippen MR) is 85.1 cm³/mol. The van der Waals surface area contributed by atoms with Crippen LogP contribution in [0.3, 0.4) is 0 Å². The third kappa shape index (κ3) is 2.34. The zero-order valence-electron chi connectivity index (χ0n) is 10.9. The van der Waals surface area contributed by atoms with Crippen LogP contribution in [0.4, 0.5) is 5.69 Å².